The molecule has 0 spiro atoms. The van der Waals surface area contributed by atoms with Gasteiger partial charge in [-0.05, 0) is 37.7 Å². The third kappa shape index (κ3) is 3.49. The van der Waals surface area contributed by atoms with Crippen LogP contribution in [-0.2, 0) is 0 Å². The number of pyridine rings is 1. The molecule has 0 radical (unpaired) electrons. The molecule has 0 saturated carbocycles. The SMILES string of the molecule is CN[C@@H](c1ccc(Nc2cnc3sc(C)nc3c2)cc1)C(F)(F)F. The summed E-state index contributed by atoms with van der Waals surface area (Å²) in [6.07, 6.45) is -2.65. The zero-order valence-electron chi connectivity index (χ0n) is 13.0. The summed E-state index contributed by atoms with van der Waals surface area (Å²) in [7, 11) is 1.29. The number of rotatable bonds is 4. The summed E-state index contributed by atoms with van der Waals surface area (Å²) in [5, 5.41) is 6.35. The Balaban J connectivity index is 1.80. The number of nitrogens with zero attached hydrogens (tertiary/aromatic N) is 2. The molecule has 126 valence electrons. The molecule has 3 aromatic rings. The van der Waals surface area contributed by atoms with Crippen LogP contribution in [0.5, 0.6) is 0 Å². The number of alkyl halides is 3. The Labute approximate surface area is 140 Å². The predicted molar refractivity (Wildman–Crippen MR) is 89.7 cm³/mol. The van der Waals surface area contributed by atoms with Gasteiger partial charge in [-0.15, -0.1) is 0 Å². The third-order valence-corrected chi connectivity index (χ3v) is 4.40. The fraction of sp³-hybridized carbons (Fsp3) is 0.250. The fourth-order valence-electron chi connectivity index (χ4n) is 2.44. The lowest BCUT2D eigenvalue weighted by atomic mass is 10.1. The number of nitrogens with one attached hydrogen (secondary N) is 2. The van der Waals surface area contributed by atoms with Crippen molar-refractivity contribution < 1.29 is 13.2 Å². The van der Waals surface area contributed by atoms with Crippen LogP contribution in [0.3, 0.4) is 0 Å². The Morgan fingerprint density at radius 3 is 2.46 bits per heavy atom. The lowest BCUT2D eigenvalue weighted by Gasteiger charge is -2.20. The van der Waals surface area contributed by atoms with Gasteiger partial charge in [-0.3, -0.25) is 0 Å². The van der Waals surface area contributed by atoms with Gasteiger partial charge in [0.05, 0.1) is 16.9 Å². The minimum atomic E-state index is -4.33. The number of aromatic nitrogens is 2. The van der Waals surface area contributed by atoms with Gasteiger partial charge in [0.2, 0.25) is 0 Å². The molecule has 2 aromatic heterocycles. The number of fused-ring (bicyclic) bond motifs is 1. The van der Waals surface area contributed by atoms with E-state index in [1.54, 1.807) is 18.3 Å². The van der Waals surface area contributed by atoms with Gasteiger partial charge < -0.3 is 10.6 Å². The topological polar surface area (TPSA) is 49.8 Å². The van der Waals surface area contributed by atoms with Gasteiger partial charge in [0.25, 0.3) is 0 Å². The molecular weight excluding hydrogens is 337 g/mol. The average Bonchev–Trinajstić information content (AvgIpc) is 2.87. The highest BCUT2D eigenvalue weighted by molar-refractivity contribution is 7.18. The molecular formula is C16H15F3N4S. The maximum absolute atomic E-state index is 12.9. The van der Waals surface area contributed by atoms with E-state index in [0.29, 0.717) is 5.69 Å². The van der Waals surface area contributed by atoms with Crippen LogP contribution in [0.1, 0.15) is 16.6 Å². The van der Waals surface area contributed by atoms with Crippen LogP contribution in [0.25, 0.3) is 10.3 Å². The zero-order valence-corrected chi connectivity index (χ0v) is 13.8. The lowest BCUT2D eigenvalue weighted by Crippen LogP contribution is -2.31. The van der Waals surface area contributed by atoms with E-state index in [1.807, 2.05) is 13.0 Å². The Kier molecular flexibility index (Phi) is 4.42. The first-order valence-electron chi connectivity index (χ1n) is 7.21. The van der Waals surface area contributed by atoms with Gasteiger partial charge in [0, 0.05) is 5.69 Å². The normalized spacial score (nSPS) is 13.2. The summed E-state index contributed by atoms with van der Waals surface area (Å²) in [6.45, 7) is 1.91. The fourth-order valence-corrected chi connectivity index (χ4v) is 3.18. The van der Waals surface area contributed by atoms with Crippen LogP contribution in [-0.4, -0.2) is 23.2 Å². The van der Waals surface area contributed by atoms with Crippen molar-refractivity contribution in [2.75, 3.05) is 12.4 Å². The minimum absolute atomic E-state index is 0.166. The van der Waals surface area contributed by atoms with Crippen molar-refractivity contribution in [2.24, 2.45) is 0 Å². The van der Waals surface area contributed by atoms with E-state index in [0.717, 1.165) is 21.0 Å². The molecule has 0 amide bonds. The van der Waals surface area contributed by atoms with Crippen LogP contribution >= 0.6 is 11.3 Å². The van der Waals surface area contributed by atoms with Crippen molar-refractivity contribution >= 4 is 33.1 Å². The third-order valence-electron chi connectivity index (χ3n) is 3.50. The molecule has 0 aliphatic carbocycles. The Morgan fingerprint density at radius 2 is 1.83 bits per heavy atom. The number of hydrogen-bond acceptors (Lipinski definition) is 5. The van der Waals surface area contributed by atoms with E-state index >= 15 is 0 Å². The highest BCUT2D eigenvalue weighted by Crippen LogP contribution is 2.33. The molecule has 8 heteroatoms. The maximum atomic E-state index is 12.9. The van der Waals surface area contributed by atoms with E-state index in [2.05, 4.69) is 20.6 Å². The van der Waals surface area contributed by atoms with Gasteiger partial charge in [-0.1, -0.05) is 23.5 Å². The van der Waals surface area contributed by atoms with Crippen molar-refractivity contribution in [1.29, 1.82) is 0 Å². The monoisotopic (exact) mass is 352 g/mol. The molecule has 0 fully saturated rings. The molecule has 4 nitrogen and oxygen atoms in total. The van der Waals surface area contributed by atoms with Gasteiger partial charge in [0.1, 0.15) is 16.4 Å². The number of hydrogen-bond donors (Lipinski definition) is 2. The summed E-state index contributed by atoms with van der Waals surface area (Å²) in [5.74, 6) is 0. The van der Waals surface area contributed by atoms with Crippen molar-refractivity contribution in [2.45, 2.75) is 19.1 Å². The number of halogens is 3. The van der Waals surface area contributed by atoms with Gasteiger partial charge in [-0.25, -0.2) is 9.97 Å². The average molecular weight is 352 g/mol. The summed E-state index contributed by atoms with van der Waals surface area (Å²) in [5.41, 5.74) is 2.39. The Hall–Kier alpha value is -2.19. The number of aryl methyl sites for hydroxylation is 1. The number of benzene rings is 1. The first-order valence-corrected chi connectivity index (χ1v) is 8.02. The van der Waals surface area contributed by atoms with E-state index in [-0.39, 0.29) is 5.56 Å². The molecule has 0 unspecified atom stereocenters. The quantitative estimate of drug-likeness (QED) is 0.722. The summed E-state index contributed by atoms with van der Waals surface area (Å²) in [4.78, 5) is 9.55. The van der Waals surface area contributed by atoms with E-state index in [4.69, 9.17) is 0 Å². The zero-order chi connectivity index (χ0) is 17.3. The van der Waals surface area contributed by atoms with Crippen molar-refractivity contribution in [1.82, 2.24) is 15.3 Å². The van der Waals surface area contributed by atoms with E-state index in [9.17, 15) is 13.2 Å². The standard InChI is InChI=1S/C16H15F3N4S/c1-9-22-13-7-12(8-21-15(13)24-9)23-11-5-3-10(4-6-11)14(20-2)16(17,18)19/h3-8,14,20,23H,1-2H3/t14-/m0/s1. The predicted octanol–water partition coefficient (Wildman–Crippen LogP) is 4.57. The van der Waals surface area contributed by atoms with Gasteiger partial charge >= 0.3 is 6.18 Å². The van der Waals surface area contributed by atoms with E-state index in [1.165, 1.54) is 30.5 Å². The van der Waals surface area contributed by atoms with Crippen LogP contribution < -0.4 is 10.6 Å². The van der Waals surface area contributed by atoms with Gasteiger partial charge in [-0.2, -0.15) is 13.2 Å². The van der Waals surface area contributed by atoms with Gasteiger partial charge in [0.15, 0.2) is 0 Å². The van der Waals surface area contributed by atoms with E-state index < -0.39 is 12.2 Å². The molecule has 2 heterocycles. The summed E-state index contributed by atoms with van der Waals surface area (Å²) < 4.78 is 38.7. The summed E-state index contributed by atoms with van der Waals surface area (Å²) >= 11 is 1.51. The Bertz CT molecular complexity index is 843. The molecule has 1 aromatic carbocycles. The molecule has 24 heavy (non-hydrogen) atoms. The molecule has 0 bridgehead atoms. The highest BCUT2D eigenvalue weighted by atomic mass is 32.1. The lowest BCUT2D eigenvalue weighted by molar-refractivity contribution is -0.156. The molecule has 0 saturated heterocycles. The van der Waals surface area contributed by atoms with Crippen molar-refractivity contribution in [3.8, 4) is 0 Å². The molecule has 2 N–H and O–H groups in total. The first-order chi connectivity index (χ1) is 11.4. The number of thiazole rings is 1. The van der Waals surface area contributed by atoms with Crippen LogP contribution in [0.15, 0.2) is 36.5 Å². The van der Waals surface area contributed by atoms with Crippen LogP contribution in [0.4, 0.5) is 24.5 Å². The molecule has 1 atom stereocenters. The first kappa shape index (κ1) is 16.7. The van der Waals surface area contributed by atoms with Crippen molar-refractivity contribution in [3.05, 3.63) is 47.1 Å². The van der Waals surface area contributed by atoms with Crippen LogP contribution in [0, 0.1) is 6.92 Å². The maximum Gasteiger partial charge on any atom is 0.407 e. The largest absolute Gasteiger partial charge is 0.407 e. The number of anilines is 2. The second-order valence-corrected chi connectivity index (χ2v) is 6.47. The molecule has 0 aliphatic heterocycles. The highest BCUT2D eigenvalue weighted by Gasteiger charge is 2.39. The second-order valence-electron chi connectivity index (χ2n) is 5.29. The molecule has 0 aliphatic rings. The summed E-state index contributed by atoms with van der Waals surface area (Å²) in [6, 6.07) is 6.32. The smallest absolute Gasteiger partial charge is 0.354 e. The van der Waals surface area contributed by atoms with Crippen molar-refractivity contribution in [3.63, 3.8) is 0 Å². The second kappa shape index (κ2) is 6.37. The van der Waals surface area contributed by atoms with Crippen LogP contribution in [0.2, 0.25) is 0 Å². The Morgan fingerprint density at radius 1 is 1.12 bits per heavy atom. The molecule has 3 rings (SSSR count). The minimum Gasteiger partial charge on any atom is -0.354 e.